The molecule has 7 aromatic carbocycles. The van der Waals surface area contributed by atoms with Crippen LogP contribution in [0.1, 0.15) is 68.7 Å². The van der Waals surface area contributed by atoms with Gasteiger partial charge in [-0.2, -0.15) is 0 Å². The van der Waals surface area contributed by atoms with Crippen molar-refractivity contribution in [2.75, 3.05) is 4.90 Å². The molecule has 1 heterocycles. The highest BCUT2D eigenvalue weighted by atomic mass is 15.1. The van der Waals surface area contributed by atoms with Gasteiger partial charge in [-0.15, -0.1) is 0 Å². The topological polar surface area (TPSA) is 8.17 Å². The van der Waals surface area contributed by atoms with E-state index in [-0.39, 0.29) is 5.41 Å². The number of hydrogen-bond acceptors (Lipinski definition) is 1. The third kappa shape index (κ3) is 5.77. The van der Waals surface area contributed by atoms with E-state index in [4.69, 9.17) is 0 Å². The van der Waals surface area contributed by atoms with Gasteiger partial charge in [0.1, 0.15) is 0 Å². The number of benzene rings is 7. The highest BCUT2D eigenvalue weighted by Gasteiger charge is 2.37. The van der Waals surface area contributed by atoms with Gasteiger partial charge in [0, 0.05) is 38.9 Å². The lowest BCUT2D eigenvalue weighted by Gasteiger charge is -2.30. The van der Waals surface area contributed by atoms with E-state index in [2.05, 4.69) is 214 Å². The average molecular weight is 737 g/mol. The van der Waals surface area contributed by atoms with Crippen LogP contribution in [0.2, 0.25) is 0 Å². The molecule has 2 aliphatic carbocycles. The van der Waals surface area contributed by atoms with Crippen molar-refractivity contribution < 1.29 is 0 Å². The second-order valence-electron chi connectivity index (χ2n) is 16.7. The van der Waals surface area contributed by atoms with Gasteiger partial charge in [0.15, 0.2) is 0 Å². The third-order valence-corrected chi connectivity index (χ3v) is 12.7. The molecule has 8 aromatic rings. The van der Waals surface area contributed by atoms with Crippen molar-refractivity contribution in [3.8, 4) is 27.9 Å². The summed E-state index contributed by atoms with van der Waals surface area (Å²) in [5.74, 6) is 0.397. The summed E-state index contributed by atoms with van der Waals surface area (Å²) < 4.78 is 2.38. The Hall–Kier alpha value is -6.38. The van der Waals surface area contributed by atoms with Gasteiger partial charge >= 0.3 is 0 Å². The molecule has 1 aromatic heterocycles. The first-order chi connectivity index (χ1) is 27.8. The van der Waals surface area contributed by atoms with Crippen molar-refractivity contribution >= 4 is 44.4 Å². The van der Waals surface area contributed by atoms with E-state index >= 15 is 0 Å². The quantitative estimate of drug-likeness (QED) is 0.158. The molecule has 0 atom stereocenters. The van der Waals surface area contributed by atoms with E-state index in [9.17, 15) is 0 Å². The van der Waals surface area contributed by atoms with E-state index in [0.717, 1.165) is 24.2 Å². The number of fused-ring (bicyclic) bond motifs is 5. The molecular formula is C55H48N2. The number of hydrogen-bond donors (Lipinski definition) is 0. The number of aryl methyl sites for hydroxylation is 1. The van der Waals surface area contributed by atoms with Crippen LogP contribution < -0.4 is 4.90 Å². The molecule has 0 aliphatic heterocycles. The summed E-state index contributed by atoms with van der Waals surface area (Å²) in [4.78, 5) is 2.46. The minimum absolute atomic E-state index is 0.0137. The molecule has 0 radical (unpaired) electrons. The molecule has 57 heavy (non-hydrogen) atoms. The summed E-state index contributed by atoms with van der Waals surface area (Å²) >= 11 is 0. The highest BCUT2D eigenvalue weighted by Crippen LogP contribution is 2.52. The number of anilines is 3. The Morgan fingerprint density at radius 2 is 1.18 bits per heavy atom. The molecule has 10 rings (SSSR count). The Balaban J connectivity index is 1.07. The molecule has 0 spiro atoms. The van der Waals surface area contributed by atoms with Crippen molar-refractivity contribution in [2.45, 2.75) is 58.8 Å². The van der Waals surface area contributed by atoms with Crippen molar-refractivity contribution in [2.24, 2.45) is 0 Å². The Morgan fingerprint density at radius 1 is 0.579 bits per heavy atom. The van der Waals surface area contributed by atoms with Crippen LogP contribution in [0, 0.1) is 6.92 Å². The summed E-state index contributed by atoms with van der Waals surface area (Å²) in [5, 5.41) is 2.56. The van der Waals surface area contributed by atoms with Crippen molar-refractivity contribution in [3.05, 3.63) is 198 Å². The summed E-state index contributed by atoms with van der Waals surface area (Å²) in [7, 11) is 0. The van der Waals surface area contributed by atoms with E-state index in [0.29, 0.717) is 5.92 Å². The van der Waals surface area contributed by atoms with Crippen LogP contribution in [0.5, 0.6) is 0 Å². The Kier molecular flexibility index (Phi) is 8.41. The Labute approximate surface area is 337 Å². The van der Waals surface area contributed by atoms with Crippen LogP contribution in [-0.2, 0) is 5.41 Å². The van der Waals surface area contributed by atoms with Gasteiger partial charge in [-0.05, 0) is 136 Å². The van der Waals surface area contributed by atoms with Gasteiger partial charge in [-0.25, -0.2) is 0 Å². The zero-order valence-corrected chi connectivity index (χ0v) is 33.6. The second-order valence-corrected chi connectivity index (χ2v) is 16.7. The zero-order valence-electron chi connectivity index (χ0n) is 33.6. The predicted molar refractivity (Wildman–Crippen MR) is 243 cm³/mol. The smallest absolute Gasteiger partial charge is 0.0541 e. The normalized spacial score (nSPS) is 14.4. The van der Waals surface area contributed by atoms with E-state index < -0.39 is 0 Å². The lowest BCUT2D eigenvalue weighted by Crippen LogP contribution is -2.19. The largest absolute Gasteiger partial charge is 0.310 e. The van der Waals surface area contributed by atoms with Gasteiger partial charge in [0.05, 0.1) is 11.0 Å². The van der Waals surface area contributed by atoms with E-state index in [1.54, 1.807) is 5.57 Å². The van der Waals surface area contributed by atoms with Crippen LogP contribution in [0.3, 0.4) is 0 Å². The van der Waals surface area contributed by atoms with Gasteiger partial charge in [0.2, 0.25) is 0 Å². The molecule has 2 aliphatic rings. The predicted octanol–water partition coefficient (Wildman–Crippen LogP) is 15.4. The fourth-order valence-corrected chi connectivity index (χ4v) is 9.70. The maximum Gasteiger partial charge on any atom is 0.0541 e. The van der Waals surface area contributed by atoms with Crippen molar-refractivity contribution in [3.63, 3.8) is 0 Å². The summed E-state index contributed by atoms with van der Waals surface area (Å²) in [6.07, 6.45) is 6.95. The van der Waals surface area contributed by atoms with E-state index in [1.807, 2.05) is 0 Å². The van der Waals surface area contributed by atoms with Gasteiger partial charge < -0.3 is 9.47 Å². The van der Waals surface area contributed by atoms with E-state index in [1.165, 1.54) is 83.3 Å². The monoisotopic (exact) mass is 736 g/mol. The van der Waals surface area contributed by atoms with Crippen LogP contribution in [0.25, 0.3) is 55.3 Å². The van der Waals surface area contributed by atoms with Crippen LogP contribution in [0.15, 0.2) is 175 Å². The van der Waals surface area contributed by atoms with Crippen LogP contribution >= 0.6 is 0 Å². The Morgan fingerprint density at radius 3 is 1.86 bits per heavy atom. The van der Waals surface area contributed by atoms with Gasteiger partial charge in [-0.3, -0.25) is 0 Å². The lowest BCUT2D eigenvalue weighted by atomic mass is 9.78. The number of allylic oxidation sites excluding steroid dienone is 4. The molecule has 0 bridgehead atoms. The first-order valence-electron chi connectivity index (χ1n) is 20.5. The van der Waals surface area contributed by atoms with Crippen LogP contribution in [-0.4, -0.2) is 4.57 Å². The first kappa shape index (κ1) is 35.1. The van der Waals surface area contributed by atoms with Crippen molar-refractivity contribution in [1.29, 1.82) is 0 Å². The molecule has 0 unspecified atom stereocenters. The number of para-hydroxylation sites is 2. The highest BCUT2D eigenvalue weighted by molar-refractivity contribution is 6.09. The molecule has 0 fully saturated rings. The third-order valence-electron chi connectivity index (χ3n) is 12.7. The van der Waals surface area contributed by atoms with Crippen LogP contribution in [0.4, 0.5) is 17.1 Å². The minimum Gasteiger partial charge on any atom is -0.310 e. The molecule has 0 saturated heterocycles. The van der Waals surface area contributed by atoms with Crippen molar-refractivity contribution in [1.82, 2.24) is 4.57 Å². The molecule has 2 nitrogen and oxygen atoms in total. The molecule has 0 N–H and O–H groups in total. The summed E-state index contributed by atoms with van der Waals surface area (Å²) in [5.41, 5.74) is 20.5. The zero-order chi connectivity index (χ0) is 38.8. The SMILES string of the molecule is Cc1ccccc1-c1cc(N(c2ccc(-c3ccc(-n4c5ccccc5c5ccccc54)cc3)cc2)c2ccc3c(c2)C(C)(C)C2=C3C=CCC2)ccc1C(C)C. The fraction of sp³-hybridized carbons (Fsp3) is 0.164. The maximum absolute atomic E-state index is 2.46. The molecule has 278 valence electrons. The fourth-order valence-electron chi connectivity index (χ4n) is 9.70. The molecular weight excluding hydrogens is 689 g/mol. The maximum atomic E-state index is 2.46. The summed E-state index contributed by atoms with van der Waals surface area (Å²) in [6, 6.07) is 58.7. The van der Waals surface area contributed by atoms with Gasteiger partial charge in [0.25, 0.3) is 0 Å². The number of nitrogens with zero attached hydrogens (tertiary/aromatic N) is 2. The average Bonchev–Trinajstić information content (AvgIpc) is 3.70. The molecule has 0 amide bonds. The molecule has 2 heteroatoms. The lowest BCUT2D eigenvalue weighted by molar-refractivity contribution is 0.607. The standard InChI is InChI=1S/C55H48N2/c1-36(2)44-32-30-42(34-50(44)45-15-7-6-14-37(45)3)56(43-31-33-47-46-16-8-11-19-51(46)55(4,5)52(47)35-43)40-26-22-38(23-27-40)39-24-28-41(29-25-39)57-53-20-12-9-17-48(53)49-18-10-13-21-54(49)57/h6-10,12-18,20-36H,11,19H2,1-5H3. The first-order valence-corrected chi connectivity index (χ1v) is 20.5. The van der Waals surface area contributed by atoms with Gasteiger partial charge in [-0.1, -0.05) is 142 Å². The minimum atomic E-state index is -0.0137. The Bertz CT molecular complexity index is 2840. The number of aromatic nitrogens is 1. The number of rotatable bonds is 7. The summed E-state index contributed by atoms with van der Waals surface area (Å²) in [6.45, 7) is 11.7. The second kappa shape index (κ2) is 13.7. The molecule has 0 saturated carbocycles.